The maximum Gasteiger partial charge on any atom is 0.264 e. The minimum absolute atomic E-state index is 0.259. The molecule has 1 aromatic heterocycles. The van der Waals surface area contributed by atoms with Crippen LogP contribution < -0.4 is 5.32 Å². The number of rotatable bonds is 1. The van der Waals surface area contributed by atoms with E-state index in [1.165, 1.54) is 17.5 Å². The molecule has 0 saturated carbocycles. The minimum Gasteiger partial charge on any atom is -0.338 e. The third-order valence-electron chi connectivity index (χ3n) is 3.44. The van der Waals surface area contributed by atoms with E-state index in [0.717, 1.165) is 43.9 Å². The molecule has 1 saturated heterocycles. The van der Waals surface area contributed by atoms with Gasteiger partial charge in [0, 0.05) is 26.2 Å². The van der Waals surface area contributed by atoms with Gasteiger partial charge in [0.15, 0.2) is 0 Å². The number of carbonyl (C=O) groups is 1. The highest BCUT2D eigenvalue weighted by molar-refractivity contribution is 7.12. The van der Waals surface area contributed by atoms with Crippen LogP contribution >= 0.6 is 11.3 Å². The van der Waals surface area contributed by atoms with Gasteiger partial charge in [0.05, 0.1) is 4.88 Å². The van der Waals surface area contributed by atoms with Crippen molar-refractivity contribution in [3.63, 3.8) is 0 Å². The van der Waals surface area contributed by atoms with E-state index in [1.54, 1.807) is 11.3 Å². The molecule has 0 radical (unpaired) electrons. The molecule has 3 heterocycles. The zero-order chi connectivity index (χ0) is 11.0. The summed E-state index contributed by atoms with van der Waals surface area (Å²) < 4.78 is 0. The fourth-order valence-electron chi connectivity index (χ4n) is 2.50. The number of nitrogens with zero attached hydrogens (tertiary/aromatic N) is 1. The van der Waals surface area contributed by atoms with Crippen molar-refractivity contribution in [3.8, 4) is 0 Å². The summed E-state index contributed by atoms with van der Waals surface area (Å²) in [4.78, 5) is 15.3. The van der Waals surface area contributed by atoms with Crippen LogP contribution in [0.5, 0.6) is 0 Å². The first-order chi connectivity index (χ1) is 7.86. The molecule has 2 aliphatic heterocycles. The number of hydrogen-bond donors (Lipinski definition) is 1. The molecule has 0 atom stereocenters. The van der Waals surface area contributed by atoms with E-state index in [4.69, 9.17) is 0 Å². The van der Waals surface area contributed by atoms with Gasteiger partial charge in [0.25, 0.3) is 5.91 Å². The lowest BCUT2D eigenvalue weighted by atomic mass is 10.1. The molecule has 86 valence electrons. The summed E-state index contributed by atoms with van der Waals surface area (Å²) in [5.74, 6) is 0.259. The first kappa shape index (κ1) is 10.3. The average Bonchev–Trinajstić information content (AvgIpc) is 2.91. The Labute approximate surface area is 99.5 Å². The predicted molar refractivity (Wildman–Crippen MR) is 64.6 cm³/mol. The van der Waals surface area contributed by atoms with Gasteiger partial charge in [-0.2, -0.15) is 0 Å². The van der Waals surface area contributed by atoms with Crippen molar-refractivity contribution in [3.05, 3.63) is 21.4 Å². The van der Waals surface area contributed by atoms with Crippen LogP contribution in [0, 0.1) is 0 Å². The Morgan fingerprint density at radius 2 is 2.06 bits per heavy atom. The van der Waals surface area contributed by atoms with Crippen LogP contribution in [0.2, 0.25) is 0 Å². The second-order valence-corrected chi connectivity index (χ2v) is 5.40. The topological polar surface area (TPSA) is 32.3 Å². The Kier molecular flexibility index (Phi) is 2.69. The standard InChI is InChI=1S/C12H16N2OS/c15-12(14-4-2-1-3-5-14)11-10-7-13-6-9(10)8-16-11/h8,13H,1-7H2. The smallest absolute Gasteiger partial charge is 0.264 e. The molecule has 0 aromatic carbocycles. The van der Waals surface area contributed by atoms with E-state index >= 15 is 0 Å². The molecular formula is C12H16N2OS. The fraction of sp³-hybridized carbons (Fsp3) is 0.583. The molecule has 1 N–H and O–H groups in total. The highest BCUT2D eigenvalue weighted by atomic mass is 32.1. The van der Waals surface area contributed by atoms with Crippen LogP contribution in [0.15, 0.2) is 5.38 Å². The summed E-state index contributed by atoms with van der Waals surface area (Å²) in [7, 11) is 0. The first-order valence-electron chi connectivity index (χ1n) is 5.95. The molecule has 1 amide bonds. The summed E-state index contributed by atoms with van der Waals surface area (Å²) in [6, 6.07) is 0. The van der Waals surface area contributed by atoms with Gasteiger partial charge < -0.3 is 10.2 Å². The molecule has 3 rings (SSSR count). The molecule has 16 heavy (non-hydrogen) atoms. The quantitative estimate of drug-likeness (QED) is 0.808. The molecule has 1 fully saturated rings. The van der Waals surface area contributed by atoms with Crippen LogP contribution in [0.4, 0.5) is 0 Å². The monoisotopic (exact) mass is 236 g/mol. The Morgan fingerprint density at radius 1 is 1.25 bits per heavy atom. The van der Waals surface area contributed by atoms with Crippen molar-refractivity contribution >= 4 is 17.2 Å². The molecule has 2 aliphatic rings. The van der Waals surface area contributed by atoms with Crippen molar-refractivity contribution in [2.75, 3.05) is 13.1 Å². The maximum absolute atomic E-state index is 12.3. The van der Waals surface area contributed by atoms with Gasteiger partial charge in [-0.05, 0) is 35.8 Å². The van der Waals surface area contributed by atoms with Crippen molar-refractivity contribution in [1.29, 1.82) is 0 Å². The summed E-state index contributed by atoms with van der Waals surface area (Å²) in [5, 5.41) is 5.43. The Morgan fingerprint density at radius 3 is 2.88 bits per heavy atom. The second-order valence-electron chi connectivity index (χ2n) is 4.53. The van der Waals surface area contributed by atoms with Gasteiger partial charge in [-0.25, -0.2) is 0 Å². The van der Waals surface area contributed by atoms with Gasteiger partial charge in [0.1, 0.15) is 0 Å². The SMILES string of the molecule is O=C(c1scc2c1CNC2)N1CCCCC1. The molecule has 0 aliphatic carbocycles. The van der Waals surface area contributed by atoms with Crippen molar-refractivity contribution in [1.82, 2.24) is 10.2 Å². The number of fused-ring (bicyclic) bond motifs is 1. The summed E-state index contributed by atoms with van der Waals surface area (Å²) in [5.41, 5.74) is 2.57. The van der Waals surface area contributed by atoms with Crippen LogP contribution in [0.1, 0.15) is 40.1 Å². The predicted octanol–water partition coefficient (Wildman–Crippen LogP) is 1.98. The minimum atomic E-state index is 0.259. The lowest BCUT2D eigenvalue weighted by Crippen LogP contribution is -2.35. The highest BCUT2D eigenvalue weighted by Crippen LogP contribution is 2.28. The van der Waals surface area contributed by atoms with Gasteiger partial charge in [0.2, 0.25) is 0 Å². The molecule has 0 bridgehead atoms. The van der Waals surface area contributed by atoms with Gasteiger partial charge in [-0.1, -0.05) is 0 Å². The maximum atomic E-state index is 12.3. The summed E-state index contributed by atoms with van der Waals surface area (Å²) in [6.07, 6.45) is 3.60. The molecule has 0 unspecified atom stereocenters. The first-order valence-corrected chi connectivity index (χ1v) is 6.83. The van der Waals surface area contributed by atoms with E-state index in [2.05, 4.69) is 10.7 Å². The second kappa shape index (κ2) is 4.18. The van der Waals surface area contributed by atoms with E-state index in [1.807, 2.05) is 4.90 Å². The molecule has 1 aromatic rings. The molecule has 3 nitrogen and oxygen atoms in total. The zero-order valence-electron chi connectivity index (χ0n) is 9.29. The summed E-state index contributed by atoms with van der Waals surface area (Å²) >= 11 is 1.62. The molecular weight excluding hydrogens is 220 g/mol. The lowest BCUT2D eigenvalue weighted by molar-refractivity contribution is 0.0728. The van der Waals surface area contributed by atoms with Crippen LogP contribution in [0.25, 0.3) is 0 Å². The third-order valence-corrected chi connectivity index (χ3v) is 4.49. The van der Waals surface area contributed by atoms with E-state index in [9.17, 15) is 4.79 Å². The fourth-order valence-corrected chi connectivity index (χ4v) is 3.56. The number of amides is 1. The van der Waals surface area contributed by atoms with Crippen molar-refractivity contribution < 1.29 is 4.79 Å². The average molecular weight is 236 g/mol. The van der Waals surface area contributed by atoms with E-state index in [-0.39, 0.29) is 5.91 Å². The highest BCUT2D eigenvalue weighted by Gasteiger charge is 2.25. The Hall–Kier alpha value is -0.870. The molecule has 4 heteroatoms. The Bertz CT molecular complexity index is 407. The van der Waals surface area contributed by atoms with Gasteiger partial charge in [-0.15, -0.1) is 11.3 Å². The van der Waals surface area contributed by atoms with Crippen molar-refractivity contribution in [2.45, 2.75) is 32.4 Å². The number of nitrogens with one attached hydrogen (secondary N) is 1. The van der Waals surface area contributed by atoms with Crippen molar-refractivity contribution in [2.24, 2.45) is 0 Å². The van der Waals surface area contributed by atoms with Gasteiger partial charge >= 0.3 is 0 Å². The van der Waals surface area contributed by atoms with Crippen LogP contribution in [-0.2, 0) is 13.1 Å². The van der Waals surface area contributed by atoms with E-state index < -0.39 is 0 Å². The number of hydrogen-bond acceptors (Lipinski definition) is 3. The van der Waals surface area contributed by atoms with Crippen LogP contribution in [-0.4, -0.2) is 23.9 Å². The number of carbonyl (C=O) groups excluding carboxylic acids is 1. The lowest BCUT2D eigenvalue weighted by Gasteiger charge is -2.26. The molecule has 0 spiro atoms. The summed E-state index contributed by atoms with van der Waals surface area (Å²) in [6.45, 7) is 3.69. The number of thiophene rings is 1. The normalized spacial score (nSPS) is 19.9. The Balaban J connectivity index is 1.83. The number of piperidine rings is 1. The third kappa shape index (κ3) is 1.66. The largest absolute Gasteiger partial charge is 0.338 e. The van der Waals surface area contributed by atoms with Gasteiger partial charge in [-0.3, -0.25) is 4.79 Å². The van der Waals surface area contributed by atoms with E-state index in [0.29, 0.717) is 0 Å². The zero-order valence-corrected chi connectivity index (χ0v) is 10.1. The van der Waals surface area contributed by atoms with Crippen LogP contribution in [0.3, 0.4) is 0 Å². The number of likely N-dealkylation sites (tertiary alicyclic amines) is 1.